The van der Waals surface area contributed by atoms with Gasteiger partial charge in [0, 0.05) is 12.6 Å². The molecule has 0 amide bonds. The molecule has 2 aromatic rings. The number of aromatic nitrogens is 1. The number of nitrogens with one attached hydrogen (secondary N) is 1. The minimum absolute atomic E-state index is 0.649. The molecule has 0 aliphatic rings. The molecule has 0 saturated heterocycles. The lowest BCUT2D eigenvalue weighted by Crippen LogP contribution is -2.12. The molecule has 0 fully saturated rings. The summed E-state index contributed by atoms with van der Waals surface area (Å²) in [6.45, 7) is 3.18. The molecule has 0 atom stereocenters. The normalized spacial score (nSPS) is 10.9. The van der Waals surface area contributed by atoms with Crippen molar-refractivity contribution < 1.29 is 8.94 Å². The van der Waals surface area contributed by atoms with Gasteiger partial charge in [-0.2, -0.15) is 0 Å². The average Bonchev–Trinajstić information content (AvgIpc) is 2.75. The van der Waals surface area contributed by atoms with E-state index in [1.54, 1.807) is 0 Å². The Morgan fingerprint density at radius 2 is 2.12 bits per heavy atom. The summed E-state index contributed by atoms with van der Waals surface area (Å²) >= 11 is 6.65. The third-order valence-corrected chi connectivity index (χ3v) is 3.69. The summed E-state index contributed by atoms with van der Waals surface area (Å²) in [5, 5.41) is 7.10. The fourth-order valence-corrected chi connectivity index (χ4v) is 1.95. The summed E-state index contributed by atoms with van der Waals surface area (Å²) in [5.74, 6) is 1.68. The van der Waals surface area contributed by atoms with E-state index >= 15 is 0 Å². The van der Waals surface area contributed by atoms with Crippen LogP contribution in [0.25, 0.3) is 0 Å². The molecule has 2 aromatic heterocycles. The van der Waals surface area contributed by atoms with Gasteiger partial charge in [0.25, 0.3) is 0 Å². The zero-order valence-electron chi connectivity index (χ0n) is 8.59. The van der Waals surface area contributed by atoms with E-state index in [1.165, 1.54) is 0 Å². The summed E-state index contributed by atoms with van der Waals surface area (Å²) in [7, 11) is 0. The molecule has 2 rings (SSSR count). The van der Waals surface area contributed by atoms with Gasteiger partial charge in [-0.3, -0.25) is 0 Å². The standard InChI is InChI=1S/C10H10Br2N2O2/c1-6-2-7(14-16-6)4-13-5-8-3-9(11)10(12)15-8/h2-3,13H,4-5H2,1H3. The molecule has 6 heteroatoms. The molecular formula is C10H10Br2N2O2. The van der Waals surface area contributed by atoms with Crippen LogP contribution in [0.1, 0.15) is 17.2 Å². The van der Waals surface area contributed by atoms with Gasteiger partial charge in [0.2, 0.25) is 0 Å². The van der Waals surface area contributed by atoms with Crippen LogP contribution < -0.4 is 5.32 Å². The number of nitrogens with zero attached hydrogens (tertiary/aromatic N) is 1. The van der Waals surface area contributed by atoms with Crippen molar-refractivity contribution in [3.63, 3.8) is 0 Å². The first-order valence-electron chi connectivity index (χ1n) is 4.72. The number of hydrogen-bond acceptors (Lipinski definition) is 4. The van der Waals surface area contributed by atoms with Crippen molar-refractivity contribution in [2.45, 2.75) is 20.0 Å². The van der Waals surface area contributed by atoms with Crippen LogP contribution in [0.4, 0.5) is 0 Å². The minimum Gasteiger partial charge on any atom is -0.452 e. The average molecular weight is 350 g/mol. The van der Waals surface area contributed by atoms with Crippen LogP contribution in [0.15, 0.2) is 30.2 Å². The Balaban J connectivity index is 1.84. The number of aryl methyl sites for hydroxylation is 1. The van der Waals surface area contributed by atoms with Gasteiger partial charge in [-0.15, -0.1) is 0 Å². The van der Waals surface area contributed by atoms with E-state index in [0.717, 1.165) is 21.7 Å². The number of hydrogen-bond donors (Lipinski definition) is 1. The topological polar surface area (TPSA) is 51.2 Å². The first-order chi connectivity index (χ1) is 7.65. The second kappa shape index (κ2) is 5.16. The molecule has 0 aromatic carbocycles. The van der Waals surface area contributed by atoms with Crippen molar-refractivity contribution in [3.8, 4) is 0 Å². The zero-order valence-corrected chi connectivity index (χ0v) is 11.8. The summed E-state index contributed by atoms with van der Waals surface area (Å²) in [6.07, 6.45) is 0. The van der Waals surface area contributed by atoms with Gasteiger partial charge in [0.15, 0.2) is 4.67 Å². The van der Waals surface area contributed by atoms with Crippen LogP contribution >= 0.6 is 31.9 Å². The molecule has 16 heavy (non-hydrogen) atoms. The van der Waals surface area contributed by atoms with Crippen LogP contribution in [0.5, 0.6) is 0 Å². The second-order valence-electron chi connectivity index (χ2n) is 3.37. The molecule has 1 N–H and O–H groups in total. The molecular weight excluding hydrogens is 340 g/mol. The Kier molecular flexibility index (Phi) is 3.83. The molecule has 0 unspecified atom stereocenters. The summed E-state index contributed by atoms with van der Waals surface area (Å²) in [5.41, 5.74) is 0.891. The highest BCUT2D eigenvalue weighted by molar-refractivity contribution is 9.13. The molecule has 0 radical (unpaired) electrons. The van der Waals surface area contributed by atoms with E-state index in [1.807, 2.05) is 19.1 Å². The van der Waals surface area contributed by atoms with Crippen molar-refractivity contribution in [1.82, 2.24) is 10.5 Å². The first-order valence-corrected chi connectivity index (χ1v) is 6.30. The van der Waals surface area contributed by atoms with Crippen molar-refractivity contribution in [1.29, 1.82) is 0 Å². The van der Waals surface area contributed by atoms with Crippen LogP contribution in [0.2, 0.25) is 0 Å². The maximum Gasteiger partial charge on any atom is 0.183 e. The van der Waals surface area contributed by atoms with Crippen molar-refractivity contribution in [2.24, 2.45) is 0 Å². The highest BCUT2D eigenvalue weighted by atomic mass is 79.9. The van der Waals surface area contributed by atoms with E-state index in [0.29, 0.717) is 17.8 Å². The molecule has 0 spiro atoms. The quantitative estimate of drug-likeness (QED) is 0.919. The number of halogens is 2. The third-order valence-electron chi connectivity index (χ3n) is 1.98. The smallest absolute Gasteiger partial charge is 0.183 e. The SMILES string of the molecule is Cc1cc(CNCc2cc(Br)c(Br)o2)no1. The minimum atomic E-state index is 0.649. The van der Waals surface area contributed by atoms with Crippen LogP contribution in [-0.4, -0.2) is 5.16 Å². The van der Waals surface area contributed by atoms with Crippen LogP contribution in [-0.2, 0) is 13.1 Å². The van der Waals surface area contributed by atoms with Crippen LogP contribution in [0, 0.1) is 6.92 Å². The first kappa shape index (κ1) is 11.9. The fourth-order valence-electron chi connectivity index (χ4n) is 1.29. The molecule has 2 heterocycles. The maximum atomic E-state index is 5.42. The number of rotatable bonds is 4. The van der Waals surface area contributed by atoms with E-state index < -0.39 is 0 Å². The summed E-state index contributed by atoms with van der Waals surface area (Å²) < 4.78 is 12.0. The Morgan fingerprint density at radius 1 is 1.31 bits per heavy atom. The van der Waals surface area contributed by atoms with Crippen molar-refractivity contribution in [3.05, 3.63) is 38.5 Å². The lowest BCUT2D eigenvalue weighted by Gasteiger charge is -1.97. The van der Waals surface area contributed by atoms with Crippen LogP contribution in [0.3, 0.4) is 0 Å². The lowest BCUT2D eigenvalue weighted by atomic mass is 10.3. The zero-order chi connectivity index (χ0) is 11.5. The molecule has 86 valence electrons. The van der Waals surface area contributed by atoms with E-state index in [-0.39, 0.29) is 0 Å². The molecule has 0 bridgehead atoms. The number of furan rings is 1. The van der Waals surface area contributed by atoms with Gasteiger partial charge < -0.3 is 14.3 Å². The molecule has 0 aliphatic carbocycles. The Hall–Kier alpha value is -0.590. The predicted octanol–water partition coefficient (Wildman–Crippen LogP) is 3.39. The van der Waals surface area contributed by atoms with Gasteiger partial charge in [-0.05, 0) is 44.8 Å². The summed E-state index contributed by atoms with van der Waals surface area (Å²) in [6, 6.07) is 3.83. The summed E-state index contributed by atoms with van der Waals surface area (Å²) in [4.78, 5) is 0. The predicted molar refractivity (Wildman–Crippen MR) is 65.9 cm³/mol. The van der Waals surface area contributed by atoms with Gasteiger partial charge in [-0.25, -0.2) is 0 Å². The Labute approximate surface area is 110 Å². The van der Waals surface area contributed by atoms with Gasteiger partial charge >= 0.3 is 0 Å². The van der Waals surface area contributed by atoms with Gasteiger partial charge in [-0.1, -0.05) is 5.16 Å². The molecule has 4 nitrogen and oxygen atoms in total. The maximum absolute atomic E-state index is 5.42. The highest BCUT2D eigenvalue weighted by Gasteiger charge is 2.06. The Morgan fingerprint density at radius 3 is 2.69 bits per heavy atom. The fraction of sp³-hybridized carbons (Fsp3) is 0.300. The van der Waals surface area contributed by atoms with E-state index in [2.05, 4.69) is 42.3 Å². The monoisotopic (exact) mass is 348 g/mol. The van der Waals surface area contributed by atoms with Crippen molar-refractivity contribution in [2.75, 3.05) is 0 Å². The van der Waals surface area contributed by atoms with Crippen molar-refractivity contribution >= 4 is 31.9 Å². The second-order valence-corrected chi connectivity index (χ2v) is 4.94. The highest BCUT2D eigenvalue weighted by Crippen LogP contribution is 2.26. The molecule has 0 aliphatic heterocycles. The van der Waals surface area contributed by atoms with Gasteiger partial charge in [0.1, 0.15) is 11.5 Å². The third kappa shape index (κ3) is 2.96. The Bertz CT molecular complexity index is 459. The van der Waals surface area contributed by atoms with Gasteiger partial charge in [0.05, 0.1) is 16.7 Å². The van der Waals surface area contributed by atoms with E-state index in [9.17, 15) is 0 Å². The lowest BCUT2D eigenvalue weighted by molar-refractivity contribution is 0.386. The van der Waals surface area contributed by atoms with E-state index in [4.69, 9.17) is 8.94 Å². The molecule has 0 saturated carbocycles. The largest absolute Gasteiger partial charge is 0.452 e.